The van der Waals surface area contributed by atoms with Crippen LogP contribution in [0.1, 0.15) is 30.7 Å². The smallest absolute Gasteiger partial charge is 0.223 e. The number of fused-ring (bicyclic) bond motifs is 1. The van der Waals surface area contributed by atoms with Crippen LogP contribution in [0.4, 0.5) is 5.82 Å². The highest BCUT2D eigenvalue weighted by atomic mass is 16.5. The molecule has 23 heavy (non-hydrogen) atoms. The second-order valence-electron chi connectivity index (χ2n) is 6.24. The van der Waals surface area contributed by atoms with Crippen LogP contribution in [0.15, 0.2) is 28.8 Å². The van der Waals surface area contributed by atoms with Gasteiger partial charge in [0.2, 0.25) is 11.7 Å². The van der Waals surface area contributed by atoms with Crippen molar-refractivity contribution in [1.82, 2.24) is 15.1 Å². The van der Waals surface area contributed by atoms with Gasteiger partial charge >= 0.3 is 0 Å². The van der Waals surface area contributed by atoms with E-state index in [4.69, 9.17) is 9.51 Å². The van der Waals surface area contributed by atoms with Crippen molar-refractivity contribution in [3.8, 4) is 11.4 Å². The average Bonchev–Trinajstić information content (AvgIpc) is 3.01. The Morgan fingerprint density at radius 2 is 1.83 bits per heavy atom. The highest BCUT2D eigenvalue weighted by Gasteiger charge is 2.20. The van der Waals surface area contributed by atoms with Crippen molar-refractivity contribution < 1.29 is 4.52 Å². The fourth-order valence-electron chi connectivity index (χ4n) is 3.21. The molecule has 1 aromatic carbocycles. The van der Waals surface area contributed by atoms with Crippen molar-refractivity contribution in [2.45, 2.75) is 33.1 Å². The van der Waals surface area contributed by atoms with Gasteiger partial charge in [0.1, 0.15) is 5.82 Å². The minimum absolute atomic E-state index is 0.578. The van der Waals surface area contributed by atoms with Crippen LogP contribution in [0.3, 0.4) is 0 Å². The van der Waals surface area contributed by atoms with E-state index in [1.54, 1.807) is 0 Å². The second kappa shape index (κ2) is 5.65. The van der Waals surface area contributed by atoms with E-state index in [1.165, 1.54) is 24.8 Å². The molecule has 1 aliphatic heterocycles. The Morgan fingerprint density at radius 1 is 1.00 bits per heavy atom. The summed E-state index contributed by atoms with van der Waals surface area (Å²) in [5, 5.41) is 5.23. The summed E-state index contributed by atoms with van der Waals surface area (Å²) in [6.07, 6.45) is 3.70. The van der Waals surface area contributed by atoms with E-state index in [1.807, 2.05) is 6.92 Å². The average molecular weight is 308 g/mol. The van der Waals surface area contributed by atoms with Crippen molar-refractivity contribution in [1.29, 1.82) is 0 Å². The molecule has 0 N–H and O–H groups in total. The summed E-state index contributed by atoms with van der Waals surface area (Å²) in [6, 6.07) is 8.49. The molecule has 2 aromatic heterocycles. The molecule has 3 aromatic rings. The topological polar surface area (TPSA) is 55.1 Å². The first kappa shape index (κ1) is 14.2. The van der Waals surface area contributed by atoms with Crippen molar-refractivity contribution in [3.63, 3.8) is 0 Å². The first-order chi connectivity index (χ1) is 11.2. The maximum Gasteiger partial charge on any atom is 0.223 e. The molecule has 0 bridgehead atoms. The van der Waals surface area contributed by atoms with Gasteiger partial charge in [-0.2, -0.15) is 4.98 Å². The molecule has 5 nitrogen and oxygen atoms in total. The lowest BCUT2D eigenvalue weighted by molar-refractivity contribution is 0.394. The quantitative estimate of drug-likeness (QED) is 0.719. The maximum absolute atomic E-state index is 5.19. The van der Waals surface area contributed by atoms with E-state index in [2.05, 4.69) is 46.2 Å². The van der Waals surface area contributed by atoms with Crippen LogP contribution in [0.25, 0.3) is 22.3 Å². The van der Waals surface area contributed by atoms with Crippen molar-refractivity contribution in [2.75, 3.05) is 18.0 Å². The SMILES string of the molecule is Cc1ccc2nc(N3CCCCC3)c(-c3noc(C)n3)cc2c1. The molecule has 1 aliphatic rings. The van der Waals surface area contributed by atoms with Gasteiger partial charge in [-0.1, -0.05) is 16.8 Å². The highest BCUT2D eigenvalue weighted by Crippen LogP contribution is 2.32. The van der Waals surface area contributed by atoms with Crippen molar-refractivity contribution in [2.24, 2.45) is 0 Å². The molecule has 0 aliphatic carbocycles. The number of aryl methyl sites for hydroxylation is 2. The van der Waals surface area contributed by atoms with Crippen molar-refractivity contribution in [3.05, 3.63) is 35.7 Å². The third-order valence-electron chi connectivity index (χ3n) is 4.37. The van der Waals surface area contributed by atoms with Crippen LogP contribution in [-0.4, -0.2) is 28.2 Å². The lowest BCUT2D eigenvalue weighted by Gasteiger charge is -2.29. The number of rotatable bonds is 2. The first-order valence-electron chi connectivity index (χ1n) is 8.18. The first-order valence-corrected chi connectivity index (χ1v) is 8.18. The van der Waals surface area contributed by atoms with E-state index >= 15 is 0 Å². The second-order valence-corrected chi connectivity index (χ2v) is 6.24. The summed E-state index contributed by atoms with van der Waals surface area (Å²) in [6.45, 7) is 5.98. The van der Waals surface area contributed by atoms with E-state index < -0.39 is 0 Å². The molecule has 118 valence electrons. The van der Waals surface area contributed by atoms with Gasteiger partial charge in [-0.25, -0.2) is 4.98 Å². The molecule has 5 heteroatoms. The maximum atomic E-state index is 5.19. The standard InChI is InChI=1S/C18H20N4O/c1-12-6-7-16-14(10-12)11-15(17-19-13(2)23-21-17)18(20-16)22-8-4-3-5-9-22/h6-7,10-11H,3-5,8-9H2,1-2H3. The van der Waals surface area contributed by atoms with Crippen molar-refractivity contribution >= 4 is 16.7 Å². The molecule has 0 spiro atoms. The molecular formula is C18H20N4O. The molecular weight excluding hydrogens is 288 g/mol. The number of nitrogens with zero attached hydrogens (tertiary/aromatic N) is 4. The zero-order valence-electron chi connectivity index (χ0n) is 13.5. The Hall–Kier alpha value is -2.43. The van der Waals surface area contributed by atoms with Gasteiger partial charge in [0, 0.05) is 25.4 Å². The minimum atomic E-state index is 0.578. The molecule has 1 saturated heterocycles. The largest absolute Gasteiger partial charge is 0.356 e. The molecule has 0 atom stereocenters. The number of pyridine rings is 1. The van der Waals surface area contributed by atoms with Gasteiger partial charge in [-0.3, -0.25) is 0 Å². The van der Waals surface area contributed by atoms with Gasteiger partial charge in [-0.15, -0.1) is 0 Å². The monoisotopic (exact) mass is 308 g/mol. The zero-order valence-corrected chi connectivity index (χ0v) is 13.5. The van der Waals surface area contributed by atoms with Crippen LogP contribution in [0.5, 0.6) is 0 Å². The lowest BCUT2D eigenvalue weighted by atomic mass is 10.1. The summed E-state index contributed by atoms with van der Waals surface area (Å²) < 4.78 is 5.19. The summed E-state index contributed by atoms with van der Waals surface area (Å²) in [4.78, 5) is 11.7. The molecule has 0 amide bonds. The van der Waals surface area contributed by atoms with Crippen LogP contribution in [-0.2, 0) is 0 Å². The van der Waals surface area contributed by atoms with Crippen LogP contribution >= 0.6 is 0 Å². The van der Waals surface area contributed by atoms with Crippen LogP contribution < -0.4 is 4.90 Å². The minimum Gasteiger partial charge on any atom is -0.356 e. The number of hydrogen-bond acceptors (Lipinski definition) is 5. The van der Waals surface area contributed by atoms with Gasteiger partial charge in [0.25, 0.3) is 0 Å². The van der Waals surface area contributed by atoms with Gasteiger partial charge < -0.3 is 9.42 Å². The fourth-order valence-corrected chi connectivity index (χ4v) is 3.21. The zero-order chi connectivity index (χ0) is 15.8. The summed E-state index contributed by atoms with van der Waals surface area (Å²) in [5.41, 5.74) is 3.20. The Kier molecular flexibility index (Phi) is 3.48. The summed E-state index contributed by atoms with van der Waals surface area (Å²) in [7, 11) is 0. The predicted octanol–water partition coefficient (Wildman–Crippen LogP) is 3.89. The number of anilines is 1. The molecule has 4 rings (SSSR count). The third-order valence-corrected chi connectivity index (χ3v) is 4.37. The molecule has 0 unspecified atom stereocenters. The van der Waals surface area contributed by atoms with Gasteiger partial charge in [0.15, 0.2) is 0 Å². The van der Waals surface area contributed by atoms with E-state index in [-0.39, 0.29) is 0 Å². The summed E-state index contributed by atoms with van der Waals surface area (Å²) >= 11 is 0. The molecule has 1 fully saturated rings. The van der Waals surface area contributed by atoms with Gasteiger partial charge in [-0.05, 0) is 44.4 Å². The van der Waals surface area contributed by atoms with E-state index in [9.17, 15) is 0 Å². The van der Waals surface area contributed by atoms with Gasteiger partial charge in [0.05, 0.1) is 11.1 Å². The normalized spacial score (nSPS) is 15.3. The highest BCUT2D eigenvalue weighted by molar-refractivity contribution is 5.88. The lowest BCUT2D eigenvalue weighted by Crippen LogP contribution is -2.30. The number of piperidine rings is 1. The fraction of sp³-hybridized carbons (Fsp3) is 0.389. The summed E-state index contributed by atoms with van der Waals surface area (Å²) in [5.74, 6) is 2.18. The molecule has 3 heterocycles. The Bertz CT molecular complexity index is 849. The molecule has 0 radical (unpaired) electrons. The Balaban J connectivity index is 1.91. The number of benzene rings is 1. The Morgan fingerprint density at radius 3 is 2.57 bits per heavy atom. The molecule has 0 saturated carbocycles. The third kappa shape index (κ3) is 2.67. The number of hydrogen-bond donors (Lipinski definition) is 0. The van der Waals surface area contributed by atoms with E-state index in [0.29, 0.717) is 11.7 Å². The van der Waals surface area contributed by atoms with Crippen LogP contribution in [0, 0.1) is 13.8 Å². The van der Waals surface area contributed by atoms with Crippen LogP contribution in [0.2, 0.25) is 0 Å². The predicted molar refractivity (Wildman–Crippen MR) is 90.6 cm³/mol. The van der Waals surface area contributed by atoms with E-state index in [0.717, 1.165) is 35.4 Å². The number of aromatic nitrogens is 3. The Labute approximate surface area is 135 Å².